The first-order valence-corrected chi connectivity index (χ1v) is 16.4. The Bertz CT molecular complexity index is 1050. The van der Waals surface area contributed by atoms with E-state index in [0.717, 1.165) is 40.7 Å². The number of aromatic hydroxyl groups is 1. The molecule has 0 saturated carbocycles. The lowest BCUT2D eigenvalue weighted by molar-refractivity contribution is -0.143. The molecule has 0 aliphatic carbocycles. The minimum Gasteiger partial charge on any atom is -0.507 e. The summed E-state index contributed by atoms with van der Waals surface area (Å²) >= 11 is 0. The Morgan fingerprint density at radius 1 is 0.634 bits per heavy atom. The van der Waals surface area contributed by atoms with E-state index in [1.54, 1.807) is 0 Å². The van der Waals surface area contributed by atoms with Crippen molar-refractivity contribution in [3.8, 4) is 16.9 Å². The van der Waals surface area contributed by atoms with E-state index in [9.17, 15) is 15.0 Å². The van der Waals surface area contributed by atoms with E-state index in [4.69, 9.17) is 0 Å². The molecule has 0 fully saturated rings. The smallest absolute Gasteiger partial charge is 0.313 e. The van der Waals surface area contributed by atoms with Gasteiger partial charge in [0.1, 0.15) is 5.75 Å². The van der Waals surface area contributed by atoms with Crippen LogP contribution >= 0.6 is 0 Å². The monoisotopic (exact) mass is 564 g/mol. The predicted octanol–water partition coefficient (Wildman–Crippen LogP) is 11.5. The van der Waals surface area contributed by atoms with Crippen molar-refractivity contribution in [2.24, 2.45) is 0 Å². The topological polar surface area (TPSA) is 57.5 Å². The minimum absolute atomic E-state index is 0.221. The molecule has 0 bridgehead atoms. The largest absolute Gasteiger partial charge is 0.507 e. The second-order valence-electron chi connectivity index (χ2n) is 14.6. The highest BCUT2D eigenvalue weighted by Crippen LogP contribution is 2.42. The Labute approximate surface area is 252 Å². The summed E-state index contributed by atoms with van der Waals surface area (Å²) in [6, 6.07) is 12.2. The fraction of sp³-hybridized carbons (Fsp3) is 0.658. The molecule has 1 atom stereocenters. The third-order valence-corrected chi connectivity index (χ3v) is 8.81. The van der Waals surface area contributed by atoms with Gasteiger partial charge in [-0.05, 0) is 53.0 Å². The maximum Gasteiger partial charge on any atom is 0.313 e. The number of phenolic OH excluding ortho intramolecular Hbond substituents is 1. The normalized spacial score (nSPS) is 13.8. The number of carbonyl (C=O) groups is 1. The molecular weight excluding hydrogens is 504 g/mol. The minimum atomic E-state index is -0.926. The highest BCUT2D eigenvalue weighted by Gasteiger charge is 2.35. The maximum atomic E-state index is 12.6. The van der Waals surface area contributed by atoms with Crippen molar-refractivity contribution in [3.63, 3.8) is 0 Å². The molecule has 41 heavy (non-hydrogen) atoms. The lowest BCUT2D eigenvalue weighted by Crippen LogP contribution is -2.32. The van der Waals surface area contributed by atoms with Crippen molar-refractivity contribution >= 4 is 5.97 Å². The quantitative estimate of drug-likeness (QED) is 0.188. The highest BCUT2D eigenvalue weighted by atomic mass is 16.4. The summed E-state index contributed by atoms with van der Waals surface area (Å²) < 4.78 is 0. The molecule has 3 heteroatoms. The number of benzene rings is 2. The molecule has 2 aromatic rings. The molecule has 2 N–H and O–H groups in total. The summed E-state index contributed by atoms with van der Waals surface area (Å²) in [7, 11) is 0. The van der Waals surface area contributed by atoms with E-state index in [1.165, 1.54) is 70.6 Å². The summed E-state index contributed by atoms with van der Waals surface area (Å²) in [5.41, 5.74) is 3.33. The number of hydrogen-bond donors (Lipinski definition) is 2. The van der Waals surface area contributed by atoms with E-state index in [1.807, 2.05) is 19.1 Å². The molecule has 1 unspecified atom stereocenters. The Balaban J connectivity index is 2.05. The van der Waals surface area contributed by atoms with Gasteiger partial charge in [-0.25, -0.2) is 0 Å². The van der Waals surface area contributed by atoms with E-state index < -0.39 is 11.4 Å². The van der Waals surface area contributed by atoms with Crippen molar-refractivity contribution in [1.82, 2.24) is 0 Å². The first-order chi connectivity index (χ1) is 19.2. The van der Waals surface area contributed by atoms with Crippen molar-refractivity contribution in [3.05, 3.63) is 53.1 Å². The van der Waals surface area contributed by atoms with E-state index >= 15 is 0 Å². The maximum absolute atomic E-state index is 12.6. The number of hydrogen-bond acceptors (Lipinski definition) is 2. The number of carboxylic acids is 1. The van der Waals surface area contributed by atoms with Crippen LogP contribution < -0.4 is 0 Å². The molecule has 0 spiro atoms. The fourth-order valence-corrected chi connectivity index (χ4v) is 5.86. The molecule has 2 rings (SSSR count). The van der Waals surface area contributed by atoms with Gasteiger partial charge in [-0.1, -0.05) is 156 Å². The number of phenols is 1. The average Bonchev–Trinajstić information content (AvgIpc) is 2.90. The van der Waals surface area contributed by atoms with Gasteiger partial charge in [0, 0.05) is 11.1 Å². The highest BCUT2D eigenvalue weighted by molar-refractivity contribution is 5.82. The van der Waals surface area contributed by atoms with Gasteiger partial charge in [0.25, 0.3) is 0 Å². The Hall–Kier alpha value is -2.29. The zero-order valence-corrected chi connectivity index (χ0v) is 27.7. The van der Waals surface area contributed by atoms with Crippen LogP contribution in [-0.4, -0.2) is 16.2 Å². The van der Waals surface area contributed by atoms with Crippen molar-refractivity contribution in [1.29, 1.82) is 0 Å². The van der Waals surface area contributed by atoms with Gasteiger partial charge in [-0.15, -0.1) is 0 Å². The van der Waals surface area contributed by atoms with Crippen molar-refractivity contribution < 1.29 is 15.0 Å². The summed E-state index contributed by atoms with van der Waals surface area (Å²) in [4.78, 5) is 12.6. The van der Waals surface area contributed by atoms with Gasteiger partial charge in [0.05, 0.1) is 5.41 Å². The molecule has 2 aromatic carbocycles. The summed E-state index contributed by atoms with van der Waals surface area (Å²) in [5.74, 6) is -0.396. The van der Waals surface area contributed by atoms with Crippen LogP contribution in [0.25, 0.3) is 11.1 Å². The molecule has 0 saturated heterocycles. The average molecular weight is 565 g/mol. The van der Waals surface area contributed by atoms with Gasteiger partial charge in [-0.3, -0.25) is 4.79 Å². The Morgan fingerprint density at radius 2 is 1.07 bits per heavy atom. The lowest BCUT2D eigenvalue weighted by atomic mass is 9.76. The third-order valence-electron chi connectivity index (χ3n) is 8.81. The van der Waals surface area contributed by atoms with Crippen molar-refractivity contribution in [2.45, 2.75) is 162 Å². The van der Waals surface area contributed by atoms with Crippen LogP contribution in [0.5, 0.6) is 5.75 Å². The van der Waals surface area contributed by atoms with Gasteiger partial charge < -0.3 is 10.2 Å². The number of carboxylic acid groups (broad SMARTS) is 1. The first-order valence-electron chi connectivity index (χ1n) is 16.4. The SMILES string of the molecule is CCCCCCCCCCCCCCCC(C)(C(=O)O)c1cccc(-c2cc(C(C)(C)C)c(O)c(C(C)(C)C)c2)c1. The van der Waals surface area contributed by atoms with Crippen LogP contribution in [-0.2, 0) is 21.0 Å². The van der Waals surface area contributed by atoms with E-state index in [0.29, 0.717) is 12.2 Å². The van der Waals surface area contributed by atoms with Crippen LogP contribution in [0.3, 0.4) is 0 Å². The second-order valence-corrected chi connectivity index (χ2v) is 14.6. The van der Waals surface area contributed by atoms with E-state index in [2.05, 4.69) is 72.7 Å². The van der Waals surface area contributed by atoms with Crippen molar-refractivity contribution in [2.75, 3.05) is 0 Å². The molecule has 0 radical (unpaired) electrons. The van der Waals surface area contributed by atoms with Gasteiger partial charge >= 0.3 is 5.97 Å². The summed E-state index contributed by atoms with van der Waals surface area (Å²) in [5, 5.41) is 21.5. The number of aliphatic carboxylic acids is 1. The predicted molar refractivity (Wildman–Crippen MR) is 176 cm³/mol. The van der Waals surface area contributed by atoms with Crippen LogP contribution in [0.4, 0.5) is 0 Å². The molecular formula is C38H60O3. The standard InChI is InChI=1S/C38H60O3/c1-9-10-11-12-13-14-15-16-17-18-19-20-21-25-38(8,35(40)41)31-24-22-23-29(26-31)30-27-32(36(2,3)4)34(39)33(28-30)37(5,6)7/h22-24,26-28,39H,9-21,25H2,1-8H3,(H,40,41). The Morgan fingerprint density at radius 3 is 1.49 bits per heavy atom. The molecule has 0 aliphatic heterocycles. The summed E-state index contributed by atoms with van der Waals surface area (Å²) in [6.07, 6.45) is 17.3. The summed E-state index contributed by atoms with van der Waals surface area (Å²) in [6.45, 7) is 16.9. The van der Waals surface area contributed by atoms with E-state index in [-0.39, 0.29) is 10.8 Å². The van der Waals surface area contributed by atoms with Gasteiger partial charge in [0.2, 0.25) is 0 Å². The first kappa shape index (κ1) is 34.9. The third kappa shape index (κ3) is 10.5. The van der Waals surface area contributed by atoms with Crippen LogP contribution in [0.1, 0.15) is 162 Å². The number of unbranched alkanes of at least 4 members (excludes halogenated alkanes) is 12. The molecule has 230 valence electrons. The molecule has 0 aromatic heterocycles. The van der Waals surface area contributed by atoms with Gasteiger partial charge in [-0.2, -0.15) is 0 Å². The molecule has 0 aliphatic rings. The lowest BCUT2D eigenvalue weighted by Gasteiger charge is -2.29. The Kier molecular flexibility index (Phi) is 13.5. The zero-order chi connectivity index (χ0) is 30.7. The number of rotatable bonds is 17. The van der Waals surface area contributed by atoms with Gasteiger partial charge in [0.15, 0.2) is 0 Å². The fourth-order valence-electron chi connectivity index (χ4n) is 5.86. The second kappa shape index (κ2) is 15.8. The van der Waals surface area contributed by atoms with Crippen LogP contribution in [0.2, 0.25) is 0 Å². The zero-order valence-electron chi connectivity index (χ0n) is 27.7. The molecule has 3 nitrogen and oxygen atoms in total. The van der Waals surface area contributed by atoms with Crippen LogP contribution in [0, 0.1) is 0 Å². The molecule has 0 heterocycles. The van der Waals surface area contributed by atoms with Crippen LogP contribution in [0.15, 0.2) is 36.4 Å². The molecule has 0 amide bonds.